The van der Waals surface area contributed by atoms with Gasteiger partial charge in [-0.15, -0.1) is 0 Å². The van der Waals surface area contributed by atoms with Gasteiger partial charge in [0, 0.05) is 12.1 Å². The number of carbonyl (C=O) groups is 1. The summed E-state index contributed by atoms with van der Waals surface area (Å²) in [7, 11) is 1.63. The molecular formula is C21H22N2O3. The van der Waals surface area contributed by atoms with Crippen LogP contribution in [-0.2, 0) is 17.8 Å². The third-order valence-corrected chi connectivity index (χ3v) is 4.24. The van der Waals surface area contributed by atoms with Crippen LogP contribution >= 0.6 is 0 Å². The molecule has 134 valence electrons. The lowest BCUT2D eigenvalue weighted by Gasteiger charge is -2.05. The number of ether oxygens (including phenoxy) is 1. The van der Waals surface area contributed by atoms with E-state index in [4.69, 9.17) is 9.15 Å². The smallest absolute Gasteiger partial charge is 0.226 e. The summed E-state index contributed by atoms with van der Waals surface area (Å²) in [5, 5.41) is 2.91. The van der Waals surface area contributed by atoms with Crippen molar-refractivity contribution in [2.24, 2.45) is 0 Å². The lowest BCUT2D eigenvalue weighted by molar-refractivity contribution is -0.120. The highest BCUT2D eigenvalue weighted by atomic mass is 16.5. The summed E-state index contributed by atoms with van der Waals surface area (Å²) in [5.41, 5.74) is 3.71. The quantitative estimate of drug-likeness (QED) is 0.734. The van der Waals surface area contributed by atoms with Gasteiger partial charge < -0.3 is 14.5 Å². The van der Waals surface area contributed by atoms with Gasteiger partial charge in [-0.3, -0.25) is 4.79 Å². The van der Waals surface area contributed by atoms with Crippen LogP contribution in [0, 0.1) is 13.8 Å². The van der Waals surface area contributed by atoms with Crippen LogP contribution in [0.25, 0.3) is 11.5 Å². The second kappa shape index (κ2) is 7.87. The van der Waals surface area contributed by atoms with Gasteiger partial charge in [0.05, 0.1) is 19.2 Å². The van der Waals surface area contributed by atoms with Gasteiger partial charge in [0.2, 0.25) is 11.8 Å². The minimum Gasteiger partial charge on any atom is -0.497 e. The maximum absolute atomic E-state index is 12.3. The minimum atomic E-state index is -0.0893. The van der Waals surface area contributed by atoms with Gasteiger partial charge in [0.1, 0.15) is 11.5 Å². The molecule has 0 aliphatic heterocycles. The number of aryl methyl sites for hydroxylation is 2. The maximum atomic E-state index is 12.3. The normalized spacial score (nSPS) is 10.6. The molecule has 3 rings (SSSR count). The molecular weight excluding hydrogens is 328 g/mol. The van der Waals surface area contributed by atoms with Gasteiger partial charge in [-0.2, -0.15) is 0 Å². The zero-order valence-electron chi connectivity index (χ0n) is 15.2. The number of hydrogen-bond acceptors (Lipinski definition) is 4. The number of aromatic nitrogens is 1. The summed E-state index contributed by atoms with van der Waals surface area (Å²) < 4.78 is 10.9. The number of hydrogen-bond donors (Lipinski definition) is 1. The van der Waals surface area contributed by atoms with Crippen molar-refractivity contribution in [2.45, 2.75) is 26.8 Å². The van der Waals surface area contributed by atoms with E-state index in [1.165, 1.54) is 0 Å². The highest BCUT2D eigenvalue weighted by molar-refractivity contribution is 5.78. The molecule has 1 aromatic heterocycles. The van der Waals surface area contributed by atoms with Gasteiger partial charge in [0.15, 0.2) is 0 Å². The Kier molecular flexibility index (Phi) is 5.37. The Morgan fingerprint density at radius 3 is 2.54 bits per heavy atom. The van der Waals surface area contributed by atoms with E-state index in [0.29, 0.717) is 23.9 Å². The van der Waals surface area contributed by atoms with E-state index in [1.54, 1.807) is 7.11 Å². The van der Waals surface area contributed by atoms with Crippen LogP contribution in [0.2, 0.25) is 0 Å². The van der Waals surface area contributed by atoms with Crippen molar-refractivity contribution in [3.63, 3.8) is 0 Å². The van der Waals surface area contributed by atoms with Crippen LogP contribution in [0.15, 0.2) is 52.9 Å². The number of oxazole rings is 1. The number of nitrogens with one attached hydrogen (secondary N) is 1. The fourth-order valence-electron chi connectivity index (χ4n) is 2.68. The van der Waals surface area contributed by atoms with Crippen LogP contribution in [-0.4, -0.2) is 18.0 Å². The Bertz CT molecular complexity index is 898. The molecule has 0 unspecified atom stereocenters. The fourth-order valence-corrected chi connectivity index (χ4v) is 2.68. The van der Waals surface area contributed by atoms with E-state index < -0.39 is 0 Å². The van der Waals surface area contributed by atoms with Crippen molar-refractivity contribution in [3.8, 4) is 17.2 Å². The molecule has 5 nitrogen and oxygen atoms in total. The van der Waals surface area contributed by atoms with Crippen molar-refractivity contribution in [1.29, 1.82) is 0 Å². The molecule has 0 fully saturated rings. The Hall–Kier alpha value is -3.08. The lowest BCUT2D eigenvalue weighted by atomic mass is 10.1. The van der Waals surface area contributed by atoms with Crippen LogP contribution in [0.5, 0.6) is 5.75 Å². The van der Waals surface area contributed by atoms with Gasteiger partial charge in [-0.05, 0) is 43.2 Å². The van der Waals surface area contributed by atoms with E-state index in [0.717, 1.165) is 22.4 Å². The van der Waals surface area contributed by atoms with E-state index in [2.05, 4.69) is 10.3 Å². The SMILES string of the molecule is COc1ccc(CNC(=O)Cc2nc(-c3ccccc3C)oc2C)cc1. The van der Waals surface area contributed by atoms with Gasteiger partial charge in [0.25, 0.3) is 0 Å². The molecule has 3 aromatic rings. The highest BCUT2D eigenvalue weighted by Crippen LogP contribution is 2.24. The zero-order chi connectivity index (χ0) is 18.5. The first kappa shape index (κ1) is 17.7. The second-order valence-corrected chi connectivity index (χ2v) is 6.14. The Balaban J connectivity index is 1.63. The van der Waals surface area contributed by atoms with Gasteiger partial charge in [-0.1, -0.05) is 30.3 Å². The summed E-state index contributed by atoms with van der Waals surface area (Å²) in [6.45, 7) is 4.31. The van der Waals surface area contributed by atoms with Crippen LogP contribution in [0.4, 0.5) is 0 Å². The van der Waals surface area contributed by atoms with E-state index in [9.17, 15) is 4.79 Å². The predicted molar refractivity (Wildman–Crippen MR) is 100.0 cm³/mol. The summed E-state index contributed by atoms with van der Waals surface area (Å²) in [4.78, 5) is 16.8. The first-order valence-corrected chi connectivity index (χ1v) is 8.48. The van der Waals surface area contributed by atoms with E-state index in [1.807, 2.05) is 62.4 Å². The molecule has 1 heterocycles. The largest absolute Gasteiger partial charge is 0.497 e. The molecule has 26 heavy (non-hydrogen) atoms. The Labute approximate surface area is 153 Å². The standard InChI is InChI=1S/C21H22N2O3/c1-14-6-4-5-7-18(14)21-23-19(15(2)26-21)12-20(24)22-13-16-8-10-17(25-3)11-9-16/h4-11H,12-13H2,1-3H3,(H,22,24). The molecule has 0 aliphatic rings. The van der Waals surface area contributed by atoms with E-state index in [-0.39, 0.29) is 12.3 Å². The summed E-state index contributed by atoms with van der Waals surface area (Å²) in [5.74, 6) is 1.93. The topological polar surface area (TPSA) is 64.4 Å². The van der Waals surface area contributed by atoms with Crippen LogP contribution in [0.3, 0.4) is 0 Å². The molecule has 0 aliphatic carbocycles. The van der Waals surface area contributed by atoms with Gasteiger partial charge in [-0.25, -0.2) is 4.98 Å². The zero-order valence-corrected chi connectivity index (χ0v) is 15.2. The highest BCUT2D eigenvalue weighted by Gasteiger charge is 2.15. The maximum Gasteiger partial charge on any atom is 0.226 e. The summed E-state index contributed by atoms with van der Waals surface area (Å²) in [6, 6.07) is 15.5. The van der Waals surface area contributed by atoms with Crippen molar-refractivity contribution < 1.29 is 13.9 Å². The Morgan fingerprint density at radius 1 is 1.12 bits per heavy atom. The summed E-state index contributed by atoms with van der Waals surface area (Å²) >= 11 is 0. The number of methoxy groups -OCH3 is 1. The van der Waals surface area contributed by atoms with Crippen LogP contribution in [0.1, 0.15) is 22.6 Å². The lowest BCUT2D eigenvalue weighted by Crippen LogP contribution is -2.24. The average Bonchev–Trinajstić information content (AvgIpc) is 3.01. The molecule has 2 aromatic carbocycles. The van der Waals surface area contributed by atoms with Crippen LogP contribution < -0.4 is 10.1 Å². The fraction of sp³-hybridized carbons (Fsp3) is 0.238. The van der Waals surface area contributed by atoms with E-state index >= 15 is 0 Å². The number of nitrogens with zero attached hydrogens (tertiary/aromatic N) is 1. The molecule has 5 heteroatoms. The average molecular weight is 350 g/mol. The molecule has 0 radical (unpaired) electrons. The number of benzene rings is 2. The predicted octanol–water partition coefficient (Wildman–Crippen LogP) is 3.83. The molecule has 0 atom stereocenters. The first-order valence-electron chi connectivity index (χ1n) is 8.48. The summed E-state index contributed by atoms with van der Waals surface area (Å²) in [6.07, 6.45) is 0.192. The van der Waals surface area contributed by atoms with Crippen molar-refractivity contribution >= 4 is 5.91 Å². The minimum absolute atomic E-state index is 0.0893. The van der Waals surface area contributed by atoms with Crippen molar-refractivity contribution in [1.82, 2.24) is 10.3 Å². The van der Waals surface area contributed by atoms with Crippen molar-refractivity contribution in [3.05, 3.63) is 71.1 Å². The molecule has 0 saturated heterocycles. The first-order chi connectivity index (χ1) is 12.6. The molecule has 1 amide bonds. The third kappa shape index (κ3) is 4.11. The monoisotopic (exact) mass is 350 g/mol. The number of amides is 1. The molecule has 0 bridgehead atoms. The number of rotatable bonds is 6. The molecule has 1 N–H and O–H groups in total. The van der Waals surface area contributed by atoms with Gasteiger partial charge >= 0.3 is 0 Å². The molecule has 0 saturated carbocycles. The second-order valence-electron chi connectivity index (χ2n) is 6.14. The van der Waals surface area contributed by atoms with Crippen molar-refractivity contribution in [2.75, 3.05) is 7.11 Å². The third-order valence-electron chi connectivity index (χ3n) is 4.24. The molecule has 0 spiro atoms. The Morgan fingerprint density at radius 2 is 1.85 bits per heavy atom. The number of carbonyl (C=O) groups excluding carboxylic acids is 1.